The van der Waals surface area contributed by atoms with Crippen LogP contribution in [0.15, 0.2) is 0 Å². The maximum absolute atomic E-state index is 12.8. The Bertz CT molecular complexity index is 552. The van der Waals surface area contributed by atoms with E-state index >= 15 is 0 Å². The summed E-state index contributed by atoms with van der Waals surface area (Å²) in [5.74, 6) is -0.778. The summed E-state index contributed by atoms with van der Waals surface area (Å²) >= 11 is 0. The minimum absolute atomic E-state index is 0.0298. The minimum Gasteiger partial charge on any atom is -0.321 e. The third-order valence-electron chi connectivity index (χ3n) is 8.73. The van der Waals surface area contributed by atoms with Crippen molar-refractivity contribution in [1.82, 2.24) is 16.0 Å². The van der Waals surface area contributed by atoms with Crippen LogP contribution in [0.4, 0.5) is 0 Å². The summed E-state index contributed by atoms with van der Waals surface area (Å²) in [6.45, 7) is 9.26. The maximum Gasteiger partial charge on any atom is 0.222 e. The van der Waals surface area contributed by atoms with E-state index in [1.165, 1.54) is 141 Å². The number of hydrogen-bond acceptors (Lipinski definition) is 3. The SMILES string of the molecule is CCCCCCCCCCCCCCCC(=O)NC(CC)(NCC)NC(=O)CCCCCCCCCCCCCCC. The first-order valence-electron chi connectivity index (χ1n) is 18.9. The smallest absolute Gasteiger partial charge is 0.222 e. The highest BCUT2D eigenvalue weighted by molar-refractivity contribution is 5.80. The second kappa shape index (κ2) is 31.3. The van der Waals surface area contributed by atoms with Crippen molar-refractivity contribution in [3.8, 4) is 0 Å². The van der Waals surface area contributed by atoms with Gasteiger partial charge in [0, 0.05) is 19.3 Å². The number of nitrogens with one attached hydrogen (secondary N) is 3. The lowest BCUT2D eigenvalue weighted by atomic mass is 10.0. The van der Waals surface area contributed by atoms with Gasteiger partial charge in [-0.05, 0) is 19.4 Å². The Kier molecular flexibility index (Phi) is 30.5. The second-order valence-corrected chi connectivity index (χ2v) is 12.9. The van der Waals surface area contributed by atoms with Crippen LogP contribution in [0.25, 0.3) is 0 Å². The highest BCUT2D eigenvalue weighted by Gasteiger charge is 2.30. The monoisotopic (exact) mass is 594 g/mol. The van der Waals surface area contributed by atoms with Crippen LogP contribution in [-0.4, -0.2) is 24.1 Å². The van der Waals surface area contributed by atoms with Crippen LogP contribution in [0.3, 0.4) is 0 Å². The van der Waals surface area contributed by atoms with Crippen LogP contribution < -0.4 is 16.0 Å². The minimum atomic E-state index is -0.837. The third-order valence-corrected chi connectivity index (χ3v) is 8.73. The molecule has 0 spiro atoms. The first kappa shape index (κ1) is 40.9. The van der Waals surface area contributed by atoms with Crippen molar-refractivity contribution in [1.29, 1.82) is 0 Å². The van der Waals surface area contributed by atoms with E-state index in [1.54, 1.807) is 0 Å². The van der Waals surface area contributed by atoms with E-state index < -0.39 is 5.79 Å². The number of hydrogen-bond donors (Lipinski definition) is 3. The lowest BCUT2D eigenvalue weighted by Crippen LogP contribution is -2.68. The summed E-state index contributed by atoms with van der Waals surface area (Å²) in [7, 11) is 0. The summed E-state index contributed by atoms with van der Waals surface area (Å²) in [5, 5.41) is 9.59. The zero-order valence-corrected chi connectivity index (χ0v) is 29.0. The Morgan fingerprint density at radius 1 is 0.405 bits per heavy atom. The van der Waals surface area contributed by atoms with Gasteiger partial charge in [-0.3, -0.25) is 14.9 Å². The van der Waals surface area contributed by atoms with Crippen molar-refractivity contribution in [2.24, 2.45) is 0 Å². The number of unbranched alkanes of at least 4 members (excludes halogenated alkanes) is 24. The molecule has 0 heterocycles. The van der Waals surface area contributed by atoms with E-state index in [1.807, 2.05) is 13.8 Å². The van der Waals surface area contributed by atoms with Crippen LogP contribution in [0.1, 0.15) is 214 Å². The Balaban J connectivity index is 3.94. The maximum atomic E-state index is 12.8. The predicted octanol–water partition coefficient (Wildman–Crippen LogP) is 10.9. The first-order valence-corrected chi connectivity index (χ1v) is 18.9. The van der Waals surface area contributed by atoms with Gasteiger partial charge in [-0.15, -0.1) is 0 Å². The van der Waals surface area contributed by atoms with Crippen molar-refractivity contribution >= 4 is 11.8 Å². The summed E-state index contributed by atoms with van der Waals surface area (Å²) in [5.41, 5.74) is 0. The molecule has 2 amide bonds. The van der Waals surface area contributed by atoms with Gasteiger partial charge >= 0.3 is 0 Å². The summed E-state index contributed by atoms with van der Waals surface area (Å²) in [4.78, 5) is 25.5. The van der Waals surface area contributed by atoms with Gasteiger partial charge in [-0.2, -0.15) is 0 Å². The average molecular weight is 594 g/mol. The fourth-order valence-corrected chi connectivity index (χ4v) is 5.93. The van der Waals surface area contributed by atoms with E-state index in [9.17, 15) is 9.59 Å². The number of carbonyl (C=O) groups excluding carboxylic acids is 2. The van der Waals surface area contributed by atoms with Crippen LogP contribution in [0.2, 0.25) is 0 Å². The molecule has 0 aliphatic carbocycles. The molecule has 42 heavy (non-hydrogen) atoms. The number of carbonyl (C=O) groups is 2. The van der Waals surface area contributed by atoms with E-state index in [0.29, 0.717) is 25.8 Å². The van der Waals surface area contributed by atoms with Gasteiger partial charge in [0.25, 0.3) is 0 Å². The van der Waals surface area contributed by atoms with Crippen molar-refractivity contribution in [3.63, 3.8) is 0 Å². The quantitative estimate of drug-likeness (QED) is 0.0523. The summed E-state index contributed by atoms with van der Waals surface area (Å²) < 4.78 is 0. The van der Waals surface area contributed by atoms with Crippen molar-refractivity contribution in [3.05, 3.63) is 0 Å². The highest BCUT2D eigenvalue weighted by atomic mass is 16.2. The molecule has 0 atom stereocenters. The zero-order chi connectivity index (χ0) is 31.0. The molecule has 250 valence electrons. The molecule has 5 heteroatoms. The summed E-state index contributed by atoms with van der Waals surface area (Å²) in [6, 6.07) is 0. The first-order chi connectivity index (χ1) is 20.5. The Morgan fingerprint density at radius 3 is 0.905 bits per heavy atom. The van der Waals surface area contributed by atoms with E-state index in [0.717, 1.165) is 25.7 Å². The van der Waals surface area contributed by atoms with Crippen molar-refractivity contribution in [2.75, 3.05) is 6.54 Å². The van der Waals surface area contributed by atoms with Gasteiger partial charge < -0.3 is 10.6 Å². The molecule has 0 saturated carbocycles. The Hall–Kier alpha value is -1.10. The molecule has 0 aromatic heterocycles. The number of amides is 2. The molecule has 0 aromatic carbocycles. The molecule has 0 saturated heterocycles. The van der Waals surface area contributed by atoms with Crippen molar-refractivity contribution in [2.45, 2.75) is 220 Å². The molecular formula is C37H75N3O2. The Morgan fingerprint density at radius 2 is 0.667 bits per heavy atom. The van der Waals surface area contributed by atoms with Gasteiger partial charge in [0.2, 0.25) is 11.8 Å². The van der Waals surface area contributed by atoms with Gasteiger partial charge in [-0.25, -0.2) is 0 Å². The predicted molar refractivity (Wildman–Crippen MR) is 184 cm³/mol. The molecule has 0 radical (unpaired) electrons. The largest absolute Gasteiger partial charge is 0.321 e. The lowest BCUT2D eigenvalue weighted by Gasteiger charge is -2.35. The molecule has 0 aliphatic rings. The van der Waals surface area contributed by atoms with Crippen LogP contribution in [-0.2, 0) is 9.59 Å². The second-order valence-electron chi connectivity index (χ2n) is 12.9. The van der Waals surface area contributed by atoms with Gasteiger partial charge in [0.1, 0.15) is 0 Å². The fraction of sp³-hybridized carbons (Fsp3) is 0.946. The Labute approximate surface area is 263 Å². The molecule has 5 nitrogen and oxygen atoms in total. The summed E-state index contributed by atoms with van der Waals surface area (Å²) in [6.07, 6.45) is 35.5. The standard InChI is InChI=1S/C37H75N3O2/c1-5-9-11-13-15-17-19-21-23-25-27-29-31-33-35(41)39-37(7-3,38-8-4)40-36(42)34-32-30-28-26-24-22-20-18-16-14-12-10-6-2/h38H,5-34H2,1-4H3,(H,39,41)(H,40,42). The third kappa shape index (κ3) is 26.5. The molecule has 0 rings (SSSR count). The van der Waals surface area contributed by atoms with Gasteiger partial charge in [0.05, 0.1) is 0 Å². The van der Waals surface area contributed by atoms with Crippen LogP contribution in [0.5, 0.6) is 0 Å². The molecular weight excluding hydrogens is 518 g/mol. The van der Waals surface area contributed by atoms with Gasteiger partial charge in [0.15, 0.2) is 5.79 Å². The highest BCUT2D eigenvalue weighted by Crippen LogP contribution is 2.15. The normalized spacial score (nSPS) is 11.6. The van der Waals surface area contributed by atoms with E-state index in [2.05, 4.69) is 29.8 Å². The average Bonchev–Trinajstić information content (AvgIpc) is 2.98. The molecule has 0 aromatic rings. The molecule has 0 bridgehead atoms. The molecule has 0 fully saturated rings. The van der Waals surface area contributed by atoms with Crippen LogP contribution in [0, 0.1) is 0 Å². The van der Waals surface area contributed by atoms with Crippen LogP contribution >= 0.6 is 0 Å². The fourth-order valence-electron chi connectivity index (χ4n) is 5.93. The van der Waals surface area contributed by atoms with E-state index in [4.69, 9.17) is 0 Å². The van der Waals surface area contributed by atoms with Gasteiger partial charge in [-0.1, -0.05) is 182 Å². The molecule has 0 unspecified atom stereocenters. The number of rotatable bonds is 33. The molecule has 3 N–H and O–H groups in total. The molecule has 0 aliphatic heterocycles. The topological polar surface area (TPSA) is 70.2 Å². The van der Waals surface area contributed by atoms with E-state index in [-0.39, 0.29) is 11.8 Å². The lowest BCUT2D eigenvalue weighted by molar-refractivity contribution is -0.128. The van der Waals surface area contributed by atoms with Crippen molar-refractivity contribution < 1.29 is 9.59 Å². The zero-order valence-electron chi connectivity index (χ0n) is 29.0.